The molecule has 1 atom stereocenters. The summed E-state index contributed by atoms with van der Waals surface area (Å²) in [6.07, 6.45) is 1.73. The van der Waals surface area contributed by atoms with Gasteiger partial charge in [0.15, 0.2) is 0 Å². The largest absolute Gasteiger partial charge is 0.305 e. The Hall–Kier alpha value is -1.10. The number of nitrogens with zero attached hydrogens (tertiary/aromatic N) is 3. The Morgan fingerprint density at radius 3 is 2.78 bits per heavy atom. The fourth-order valence-corrected chi connectivity index (χ4v) is 2.30. The fourth-order valence-electron chi connectivity index (χ4n) is 1.88. The summed E-state index contributed by atoms with van der Waals surface area (Å²) in [6.45, 7) is 2.84. The van der Waals surface area contributed by atoms with Gasteiger partial charge in [0, 0.05) is 7.05 Å². The maximum atomic E-state index is 6.27. The number of nitrogens with one attached hydrogen (secondary N) is 1. The van der Waals surface area contributed by atoms with Crippen LogP contribution in [0.5, 0.6) is 0 Å². The van der Waals surface area contributed by atoms with Crippen LogP contribution >= 0.6 is 23.2 Å². The minimum absolute atomic E-state index is 0.0683. The molecular formula is C12H14Cl2N4. The Balaban J connectivity index is 2.48. The summed E-state index contributed by atoms with van der Waals surface area (Å²) in [5, 5.41) is 12.3. The van der Waals surface area contributed by atoms with E-state index in [9.17, 15) is 0 Å². The summed E-state index contributed by atoms with van der Waals surface area (Å²) in [5.41, 5.74) is 1.87. The summed E-state index contributed by atoms with van der Waals surface area (Å²) >= 11 is 12.3. The van der Waals surface area contributed by atoms with Crippen molar-refractivity contribution in [3.8, 4) is 0 Å². The van der Waals surface area contributed by atoms with Crippen LogP contribution in [0, 0.1) is 0 Å². The lowest BCUT2D eigenvalue weighted by Gasteiger charge is -2.19. The summed E-state index contributed by atoms with van der Waals surface area (Å²) in [6, 6.07) is 5.55. The second kappa shape index (κ2) is 5.69. The van der Waals surface area contributed by atoms with Crippen molar-refractivity contribution in [2.75, 3.05) is 6.54 Å². The molecule has 18 heavy (non-hydrogen) atoms. The van der Waals surface area contributed by atoms with E-state index >= 15 is 0 Å². The van der Waals surface area contributed by atoms with Crippen molar-refractivity contribution in [1.29, 1.82) is 0 Å². The first kappa shape index (κ1) is 13.3. The quantitative estimate of drug-likeness (QED) is 0.939. The molecule has 0 aliphatic rings. The number of hydrogen-bond donors (Lipinski definition) is 1. The van der Waals surface area contributed by atoms with E-state index in [1.54, 1.807) is 16.9 Å². The molecule has 1 aromatic carbocycles. The number of halogens is 2. The van der Waals surface area contributed by atoms with E-state index in [-0.39, 0.29) is 6.04 Å². The molecule has 4 nitrogen and oxygen atoms in total. The van der Waals surface area contributed by atoms with Crippen molar-refractivity contribution >= 4 is 23.2 Å². The van der Waals surface area contributed by atoms with Gasteiger partial charge in [-0.15, -0.1) is 5.10 Å². The Kier molecular flexibility index (Phi) is 4.22. The third kappa shape index (κ3) is 2.51. The lowest BCUT2D eigenvalue weighted by atomic mass is 10.0. The number of rotatable bonds is 4. The number of aryl methyl sites for hydroxylation is 1. The SMILES string of the molecule is CCNC(c1cccc(Cl)c1Cl)c1cnnn1C. The van der Waals surface area contributed by atoms with Gasteiger partial charge in [0.1, 0.15) is 0 Å². The van der Waals surface area contributed by atoms with Gasteiger partial charge in [-0.05, 0) is 18.2 Å². The zero-order valence-electron chi connectivity index (χ0n) is 10.2. The van der Waals surface area contributed by atoms with Crippen LogP contribution in [0.2, 0.25) is 10.0 Å². The second-order valence-electron chi connectivity index (χ2n) is 3.92. The molecule has 0 aliphatic carbocycles. The van der Waals surface area contributed by atoms with E-state index in [1.807, 2.05) is 26.1 Å². The van der Waals surface area contributed by atoms with Crippen LogP contribution in [0.15, 0.2) is 24.4 Å². The lowest BCUT2D eigenvalue weighted by molar-refractivity contribution is 0.568. The predicted octanol–water partition coefficient (Wildman–Crippen LogP) is 2.82. The predicted molar refractivity (Wildman–Crippen MR) is 73.0 cm³/mol. The van der Waals surface area contributed by atoms with Gasteiger partial charge in [0.05, 0.1) is 28.0 Å². The minimum atomic E-state index is -0.0683. The van der Waals surface area contributed by atoms with E-state index in [2.05, 4.69) is 15.6 Å². The van der Waals surface area contributed by atoms with Gasteiger partial charge in [0.2, 0.25) is 0 Å². The molecule has 0 spiro atoms. The minimum Gasteiger partial charge on any atom is -0.305 e. The van der Waals surface area contributed by atoms with Gasteiger partial charge >= 0.3 is 0 Å². The first-order chi connectivity index (χ1) is 8.65. The van der Waals surface area contributed by atoms with Crippen molar-refractivity contribution < 1.29 is 0 Å². The third-order valence-electron chi connectivity index (χ3n) is 2.75. The Morgan fingerprint density at radius 2 is 2.17 bits per heavy atom. The average molecular weight is 285 g/mol. The molecule has 1 unspecified atom stereocenters. The number of hydrogen-bond acceptors (Lipinski definition) is 3. The standard InChI is InChI=1S/C12H14Cl2N4/c1-3-15-12(10-7-16-17-18(10)2)8-5-4-6-9(13)11(8)14/h4-7,12,15H,3H2,1-2H3. The zero-order chi connectivity index (χ0) is 13.1. The smallest absolute Gasteiger partial charge is 0.0799 e. The molecule has 96 valence electrons. The molecule has 0 aliphatic heterocycles. The van der Waals surface area contributed by atoms with Crippen LogP contribution in [0.3, 0.4) is 0 Å². The van der Waals surface area contributed by atoms with E-state index in [1.165, 1.54) is 0 Å². The molecule has 0 radical (unpaired) electrons. The van der Waals surface area contributed by atoms with Gasteiger partial charge < -0.3 is 5.32 Å². The monoisotopic (exact) mass is 284 g/mol. The normalized spacial score (nSPS) is 12.7. The number of aromatic nitrogens is 3. The van der Waals surface area contributed by atoms with E-state index in [0.29, 0.717) is 10.0 Å². The van der Waals surface area contributed by atoms with Crippen LogP contribution in [0.4, 0.5) is 0 Å². The molecule has 0 fully saturated rings. The highest BCUT2D eigenvalue weighted by molar-refractivity contribution is 6.42. The van der Waals surface area contributed by atoms with Gasteiger partial charge in [-0.3, -0.25) is 4.68 Å². The van der Waals surface area contributed by atoms with Crippen LogP contribution in [-0.2, 0) is 7.05 Å². The highest BCUT2D eigenvalue weighted by Crippen LogP contribution is 2.32. The Labute approximate surface area is 116 Å². The average Bonchev–Trinajstić information content (AvgIpc) is 2.76. The molecule has 1 heterocycles. The third-order valence-corrected chi connectivity index (χ3v) is 3.58. The summed E-state index contributed by atoms with van der Waals surface area (Å²) in [4.78, 5) is 0. The fraction of sp³-hybridized carbons (Fsp3) is 0.333. The Morgan fingerprint density at radius 1 is 1.39 bits per heavy atom. The van der Waals surface area contributed by atoms with Gasteiger partial charge in [0.25, 0.3) is 0 Å². The van der Waals surface area contributed by atoms with Crippen molar-refractivity contribution in [2.24, 2.45) is 7.05 Å². The van der Waals surface area contributed by atoms with Crippen LogP contribution < -0.4 is 5.32 Å². The van der Waals surface area contributed by atoms with E-state index < -0.39 is 0 Å². The first-order valence-electron chi connectivity index (χ1n) is 5.67. The first-order valence-corrected chi connectivity index (χ1v) is 6.42. The number of benzene rings is 1. The summed E-state index contributed by atoms with van der Waals surface area (Å²) < 4.78 is 1.73. The second-order valence-corrected chi connectivity index (χ2v) is 4.70. The lowest BCUT2D eigenvalue weighted by Crippen LogP contribution is -2.24. The Bertz CT molecular complexity index is 539. The molecule has 2 aromatic rings. The van der Waals surface area contributed by atoms with Crippen molar-refractivity contribution in [1.82, 2.24) is 20.3 Å². The van der Waals surface area contributed by atoms with Crippen molar-refractivity contribution in [3.63, 3.8) is 0 Å². The molecule has 0 bridgehead atoms. The topological polar surface area (TPSA) is 42.7 Å². The van der Waals surface area contributed by atoms with E-state index in [0.717, 1.165) is 17.8 Å². The van der Waals surface area contributed by atoms with Crippen molar-refractivity contribution in [2.45, 2.75) is 13.0 Å². The molecule has 6 heteroatoms. The van der Waals surface area contributed by atoms with Crippen LogP contribution in [0.1, 0.15) is 24.2 Å². The van der Waals surface area contributed by atoms with E-state index in [4.69, 9.17) is 23.2 Å². The molecule has 1 N–H and O–H groups in total. The van der Waals surface area contributed by atoms with Gasteiger partial charge in [-0.2, -0.15) is 0 Å². The maximum absolute atomic E-state index is 6.27. The van der Waals surface area contributed by atoms with Crippen LogP contribution in [-0.4, -0.2) is 21.5 Å². The summed E-state index contributed by atoms with van der Waals surface area (Å²) in [7, 11) is 1.85. The van der Waals surface area contributed by atoms with Crippen LogP contribution in [0.25, 0.3) is 0 Å². The zero-order valence-corrected chi connectivity index (χ0v) is 11.7. The molecule has 0 amide bonds. The molecule has 0 saturated heterocycles. The molecule has 0 saturated carbocycles. The molecule has 1 aromatic heterocycles. The highest BCUT2D eigenvalue weighted by atomic mass is 35.5. The maximum Gasteiger partial charge on any atom is 0.0799 e. The van der Waals surface area contributed by atoms with Gasteiger partial charge in [-0.25, -0.2) is 0 Å². The summed E-state index contributed by atoms with van der Waals surface area (Å²) in [5.74, 6) is 0. The highest BCUT2D eigenvalue weighted by Gasteiger charge is 2.20. The van der Waals surface area contributed by atoms with Crippen molar-refractivity contribution in [3.05, 3.63) is 45.7 Å². The molecule has 2 rings (SSSR count). The van der Waals surface area contributed by atoms with Gasteiger partial charge in [-0.1, -0.05) is 47.5 Å². The molecular weight excluding hydrogens is 271 g/mol.